The fraction of sp³-hybridized carbons (Fsp3) is 0.250. The molecule has 0 heterocycles. The van der Waals surface area contributed by atoms with Gasteiger partial charge in [0, 0.05) is 6.92 Å². The minimum absolute atomic E-state index is 0.135. The maximum atomic E-state index is 11.4. The van der Waals surface area contributed by atoms with Crippen LogP contribution in [0.3, 0.4) is 0 Å². The number of hydrazone groups is 1. The minimum atomic E-state index is -0.380. The van der Waals surface area contributed by atoms with Crippen LogP contribution >= 0.6 is 11.6 Å². The van der Waals surface area contributed by atoms with E-state index in [1.807, 2.05) is 0 Å². The molecule has 1 aromatic rings. The predicted octanol–water partition coefficient (Wildman–Crippen LogP) is 2.42. The lowest BCUT2D eigenvalue weighted by molar-refractivity contribution is -0.110. The Morgan fingerprint density at radius 1 is 1.33 bits per heavy atom. The number of nitrogens with zero attached hydrogens (tertiary/aromatic N) is 1. The molecule has 0 atom stereocenters. The van der Waals surface area contributed by atoms with Gasteiger partial charge in [-0.15, -0.1) is 0 Å². The Bertz CT molecular complexity index is 469. The van der Waals surface area contributed by atoms with Crippen molar-refractivity contribution in [1.29, 1.82) is 0 Å². The van der Waals surface area contributed by atoms with E-state index in [1.54, 1.807) is 31.2 Å². The molecule has 6 heteroatoms. The van der Waals surface area contributed by atoms with E-state index in [2.05, 4.69) is 10.5 Å². The molecule has 0 aliphatic rings. The van der Waals surface area contributed by atoms with Crippen LogP contribution in [0.15, 0.2) is 29.4 Å². The van der Waals surface area contributed by atoms with Gasteiger partial charge >= 0.3 is 5.97 Å². The molecule has 0 unspecified atom stereocenters. The highest BCUT2D eigenvalue weighted by molar-refractivity contribution is 6.82. The Kier molecular flexibility index (Phi) is 5.32. The number of benzene rings is 1. The Morgan fingerprint density at radius 3 is 2.44 bits per heavy atom. The zero-order chi connectivity index (χ0) is 13.5. The van der Waals surface area contributed by atoms with Gasteiger partial charge in [0.05, 0.1) is 17.9 Å². The molecule has 0 aliphatic carbocycles. The zero-order valence-electron chi connectivity index (χ0n) is 10.1. The third-order valence-electron chi connectivity index (χ3n) is 1.97. The fourth-order valence-electron chi connectivity index (χ4n) is 1.09. The Hall–Kier alpha value is -1.88. The van der Waals surface area contributed by atoms with Crippen LogP contribution in [0, 0.1) is 0 Å². The number of carbonyl (C=O) groups excluding carboxylic acids is 2. The molecule has 96 valence electrons. The van der Waals surface area contributed by atoms with E-state index >= 15 is 0 Å². The molecule has 0 radical (unpaired) electrons. The third kappa shape index (κ3) is 4.18. The second-order valence-corrected chi connectivity index (χ2v) is 3.73. The highest BCUT2D eigenvalue weighted by Gasteiger charge is 2.05. The van der Waals surface area contributed by atoms with Gasteiger partial charge in [-0.25, -0.2) is 4.79 Å². The van der Waals surface area contributed by atoms with Crippen LogP contribution in [-0.4, -0.2) is 23.5 Å². The van der Waals surface area contributed by atoms with Crippen LogP contribution in [0.5, 0.6) is 0 Å². The lowest BCUT2D eigenvalue weighted by Gasteiger charge is -2.03. The number of ether oxygens (including phenoxy) is 1. The number of ketones is 1. The van der Waals surface area contributed by atoms with E-state index < -0.39 is 0 Å². The molecule has 1 aromatic carbocycles. The van der Waals surface area contributed by atoms with Crippen LogP contribution in [0.4, 0.5) is 5.69 Å². The van der Waals surface area contributed by atoms with Crippen molar-refractivity contribution in [2.24, 2.45) is 5.10 Å². The van der Waals surface area contributed by atoms with Gasteiger partial charge < -0.3 is 4.74 Å². The summed E-state index contributed by atoms with van der Waals surface area (Å²) in [5.74, 6) is -0.707. The third-order valence-corrected chi connectivity index (χ3v) is 2.32. The summed E-state index contributed by atoms with van der Waals surface area (Å²) in [7, 11) is 0. The maximum absolute atomic E-state index is 11.4. The Balaban J connectivity index is 2.69. The van der Waals surface area contributed by atoms with Crippen molar-refractivity contribution in [3.05, 3.63) is 29.8 Å². The van der Waals surface area contributed by atoms with Crippen LogP contribution in [0.2, 0.25) is 0 Å². The highest BCUT2D eigenvalue weighted by atomic mass is 35.5. The van der Waals surface area contributed by atoms with E-state index in [0.717, 1.165) is 0 Å². The standard InChI is InChI=1S/C12H13ClN2O3/c1-3-18-12(17)9-4-6-10(7-5-9)14-15-11(13)8(2)16/h4-7,14H,3H2,1-2H3/b15-11-. The van der Waals surface area contributed by atoms with E-state index in [4.69, 9.17) is 16.3 Å². The second-order valence-electron chi connectivity index (χ2n) is 3.37. The Morgan fingerprint density at radius 2 is 1.94 bits per heavy atom. The summed E-state index contributed by atoms with van der Waals surface area (Å²) in [6.45, 7) is 3.39. The number of nitrogens with one attached hydrogen (secondary N) is 1. The first-order valence-electron chi connectivity index (χ1n) is 5.32. The van der Waals surface area contributed by atoms with E-state index in [-0.39, 0.29) is 16.9 Å². The summed E-state index contributed by atoms with van der Waals surface area (Å²) in [6.07, 6.45) is 0. The summed E-state index contributed by atoms with van der Waals surface area (Å²) in [4.78, 5) is 22.2. The van der Waals surface area contributed by atoms with E-state index in [0.29, 0.717) is 17.9 Å². The number of esters is 1. The van der Waals surface area contributed by atoms with Crippen molar-refractivity contribution < 1.29 is 14.3 Å². The van der Waals surface area contributed by atoms with Crippen molar-refractivity contribution in [1.82, 2.24) is 0 Å². The van der Waals surface area contributed by atoms with Crippen molar-refractivity contribution in [3.63, 3.8) is 0 Å². The van der Waals surface area contributed by atoms with Gasteiger partial charge in [0.15, 0.2) is 11.0 Å². The minimum Gasteiger partial charge on any atom is -0.462 e. The first kappa shape index (κ1) is 14.2. The number of rotatable bonds is 5. The van der Waals surface area contributed by atoms with E-state index in [1.165, 1.54) is 6.92 Å². The molecule has 18 heavy (non-hydrogen) atoms. The van der Waals surface area contributed by atoms with Gasteiger partial charge in [-0.1, -0.05) is 11.6 Å². The zero-order valence-corrected chi connectivity index (χ0v) is 10.8. The lowest BCUT2D eigenvalue weighted by Crippen LogP contribution is -2.05. The molecule has 5 nitrogen and oxygen atoms in total. The van der Waals surface area contributed by atoms with E-state index in [9.17, 15) is 9.59 Å². The molecule has 0 spiro atoms. The largest absolute Gasteiger partial charge is 0.462 e. The molecular formula is C12H13ClN2O3. The number of anilines is 1. The van der Waals surface area contributed by atoms with Crippen LogP contribution in [0.1, 0.15) is 24.2 Å². The molecule has 1 rings (SSSR count). The monoisotopic (exact) mass is 268 g/mol. The summed E-state index contributed by atoms with van der Waals surface area (Å²) >= 11 is 5.55. The normalized spacial score (nSPS) is 10.9. The lowest BCUT2D eigenvalue weighted by atomic mass is 10.2. The average molecular weight is 269 g/mol. The summed E-state index contributed by atoms with van der Waals surface area (Å²) in [5, 5.41) is 3.54. The number of hydrogen-bond donors (Lipinski definition) is 1. The average Bonchev–Trinajstić information content (AvgIpc) is 2.36. The number of halogens is 1. The van der Waals surface area contributed by atoms with Crippen LogP contribution < -0.4 is 5.43 Å². The molecule has 1 N–H and O–H groups in total. The highest BCUT2D eigenvalue weighted by Crippen LogP contribution is 2.10. The maximum Gasteiger partial charge on any atom is 0.338 e. The number of Topliss-reactive ketones (excluding diaryl/α,β-unsaturated/α-hetero) is 1. The van der Waals surface area contributed by atoms with Crippen molar-refractivity contribution in [2.45, 2.75) is 13.8 Å². The van der Waals surface area contributed by atoms with Crippen molar-refractivity contribution in [2.75, 3.05) is 12.0 Å². The van der Waals surface area contributed by atoms with Gasteiger partial charge in [-0.3, -0.25) is 10.2 Å². The Labute approximate surface area is 110 Å². The molecule has 0 saturated carbocycles. The van der Waals surface area contributed by atoms with Gasteiger partial charge in [-0.2, -0.15) is 5.10 Å². The van der Waals surface area contributed by atoms with Gasteiger partial charge in [0.1, 0.15) is 0 Å². The van der Waals surface area contributed by atoms with Gasteiger partial charge in [-0.05, 0) is 31.2 Å². The molecule has 0 aliphatic heterocycles. The van der Waals surface area contributed by atoms with Gasteiger partial charge in [0.25, 0.3) is 0 Å². The molecule has 0 amide bonds. The number of carbonyl (C=O) groups is 2. The first-order valence-corrected chi connectivity index (χ1v) is 5.69. The molecule has 0 bridgehead atoms. The van der Waals surface area contributed by atoms with Crippen LogP contribution in [-0.2, 0) is 9.53 Å². The molecule has 0 aromatic heterocycles. The first-order chi connectivity index (χ1) is 8.54. The summed E-state index contributed by atoms with van der Waals surface area (Å²) in [6, 6.07) is 6.47. The predicted molar refractivity (Wildman–Crippen MR) is 70.0 cm³/mol. The fourth-order valence-corrected chi connectivity index (χ4v) is 1.13. The SMILES string of the molecule is CCOC(=O)c1ccc(N/N=C(\Cl)C(C)=O)cc1. The van der Waals surface area contributed by atoms with Crippen molar-refractivity contribution >= 4 is 34.2 Å². The topological polar surface area (TPSA) is 67.8 Å². The summed E-state index contributed by atoms with van der Waals surface area (Å²) in [5.41, 5.74) is 3.67. The molecule has 0 fully saturated rings. The quantitative estimate of drug-likeness (QED) is 0.506. The summed E-state index contributed by atoms with van der Waals surface area (Å²) < 4.78 is 4.84. The number of hydrogen-bond acceptors (Lipinski definition) is 5. The second kappa shape index (κ2) is 6.76. The van der Waals surface area contributed by atoms with Gasteiger partial charge in [0.2, 0.25) is 0 Å². The smallest absolute Gasteiger partial charge is 0.338 e. The molecular weight excluding hydrogens is 256 g/mol. The molecule has 0 saturated heterocycles. The van der Waals surface area contributed by atoms with Crippen molar-refractivity contribution in [3.8, 4) is 0 Å². The van der Waals surface area contributed by atoms with Crippen LogP contribution in [0.25, 0.3) is 0 Å².